The van der Waals surface area contributed by atoms with E-state index in [1.165, 1.54) is 17.5 Å². The molecule has 43 heavy (non-hydrogen) atoms. The standard InChI is InChI=1S/C35H43N3O4Si/c1-25-32(33(39)41-6)31-22-19-27(38(31)34(37-25)36-23-26-17-20-28(40-5)21-18-26)24-42-43(35(2,3)4,29-13-9-7-10-14-29)30-15-11-8-12-16-30/h7-18,20-21,27,31H,19,22-24H2,1-6H3,(H,36,37)/t27-,31-/m0/s1. The minimum absolute atomic E-state index is 0.0292. The molecule has 0 saturated carbocycles. The van der Waals surface area contributed by atoms with E-state index in [1.54, 1.807) is 7.11 Å². The Morgan fingerprint density at radius 1 is 0.930 bits per heavy atom. The monoisotopic (exact) mass is 597 g/mol. The lowest BCUT2D eigenvalue weighted by molar-refractivity contribution is -0.136. The van der Waals surface area contributed by atoms with Crippen LogP contribution in [-0.2, 0) is 20.5 Å². The molecule has 5 rings (SSSR count). The smallest absolute Gasteiger partial charge is 0.337 e. The zero-order valence-electron chi connectivity index (χ0n) is 26.1. The van der Waals surface area contributed by atoms with Crippen molar-refractivity contribution in [3.05, 3.63) is 102 Å². The molecule has 0 aliphatic carbocycles. The van der Waals surface area contributed by atoms with Gasteiger partial charge in [0.15, 0.2) is 5.96 Å². The van der Waals surface area contributed by atoms with Crippen molar-refractivity contribution in [3.63, 3.8) is 0 Å². The van der Waals surface area contributed by atoms with Crippen LogP contribution in [0.3, 0.4) is 0 Å². The minimum Gasteiger partial charge on any atom is -0.497 e. The molecule has 2 aliphatic heterocycles. The van der Waals surface area contributed by atoms with E-state index >= 15 is 0 Å². The van der Waals surface area contributed by atoms with Gasteiger partial charge in [-0.15, -0.1) is 0 Å². The van der Waals surface area contributed by atoms with Crippen molar-refractivity contribution >= 4 is 30.6 Å². The number of methoxy groups -OCH3 is 2. The molecule has 2 aliphatic rings. The summed E-state index contributed by atoms with van der Waals surface area (Å²) in [6.45, 7) is 9.82. The normalized spacial score (nSPS) is 19.7. The van der Waals surface area contributed by atoms with Gasteiger partial charge in [-0.25, -0.2) is 9.79 Å². The summed E-state index contributed by atoms with van der Waals surface area (Å²) >= 11 is 0. The first kappa shape index (κ1) is 30.6. The highest BCUT2D eigenvalue weighted by Gasteiger charge is 2.52. The SMILES string of the molecule is COC(=O)C1=C(C)NC(=NCc2ccc(OC)cc2)N2[C@H](CO[Si](c3ccccc3)(c3ccccc3)C(C)(C)C)CC[C@@H]12. The second kappa shape index (κ2) is 12.8. The molecule has 3 aromatic rings. The number of nitrogens with one attached hydrogen (secondary N) is 1. The molecular formula is C35H43N3O4Si. The molecule has 226 valence electrons. The molecule has 1 N–H and O–H groups in total. The zero-order chi connectivity index (χ0) is 30.6. The topological polar surface area (TPSA) is 72.4 Å². The first-order valence-electron chi connectivity index (χ1n) is 15.0. The average molecular weight is 598 g/mol. The molecule has 3 aromatic carbocycles. The zero-order valence-corrected chi connectivity index (χ0v) is 27.1. The predicted octanol–water partition coefficient (Wildman–Crippen LogP) is 5.01. The third kappa shape index (κ3) is 5.99. The first-order valence-corrected chi connectivity index (χ1v) is 16.9. The van der Waals surface area contributed by atoms with Crippen LogP contribution in [0.15, 0.2) is 101 Å². The Bertz CT molecular complexity index is 1430. The second-order valence-corrected chi connectivity index (χ2v) is 16.6. The number of carbonyl (C=O) groups excluding carboxylic acids is 1. The molecule has 0 bridgehead atoms. The molecular weight excluding hydrogens is 554 g/mol. The van der Waals surface area contributed by atoms with E-state index in [-0.39, 0.29) is 23.1 Å². The van der Waals surface area contributed by atoms with Crippen molar-refractivity contribution in [1.82, 2.24) is 10.2 Å². The fourth-order valence-corrected chi connectivity index (χ4v) is 11.2. The van der Waals surface area contributed by atoms with Gasteiger partial charge >= 0.3 is 5.97 Å². The van der Waals surface area contributed by atoms with E-state index in [0.29, 0.717) is 18.7 Å². The summed E-state index contributed by atoms with van der Waals surface area (Å²) in [5.41, 5.74) is 2.53. The predicted molar refractivity (Wildman–Crippen MR) is 174 cm³/mol. The highest BCUT2D eigenvalue weighted by molar-refractivity contribution is 6.99. The number of benzene rings is 3. The molecule has 2 heterocycles. The van der Waals surface area contributed by atoms with Crippen LogP contribution < -0.4 is 20.4 Å². The van der Waals surface area contributed by atoms with Crippen molar-refractivity contribution < 1.29 is 18.7 Å². The number of guanidine groups is 1. The van der Waals surface area contributed by atoms with Crippen LogP contribution in [-0.4, -0.2) is 58.1 Å². The largest absolute Gasteiger partial charge is 0.497 e. The van der Waals surface area contributed by atoms with Gasteiger partial charge in [-0.05, 0) is 52.9 Å². The average Bonchev–Trinajstić information content (AvgIpc) is 3.44. The summed E-state index contributed by atoms with van der Waals surface area (Å²) in [6, 6.07) is 29.3. The van der Waals surface area contributed by atoms with Gasteiger partial charge in [0.1, 0.15) is 5.75 Å². The summed E-state index contributed by atoms with van der Waals surface area (Å²) < 4.78 is 17.9. The van der Waals surface area contributed by atoms with Gasteiger partial charge in [0, 0.05) is 5.70 Å². The molecule has 0 aromatic heterocycles. The Morgan fingerprint density at radius 3 is 2.07 bits per heavy atom. The number of nitrogens with zero attached hydrogens (tertiary/aromatic N) is 2. The van der Waals surface area contributed by atoms with Gasteiger partial charge in [-0.2, -0.15) is 0 Å². The van der Waals surface area contributed by atoms with Gasteiger partial charge in [0.05, 0.1) is 45.0 Å². The van der Waals surface area contributed by atoms with Crippen molar-refractivity contribution in [2.75, 3.05) is 20.8 Å². The van der Waals surface area contributed by atoms with E-state index in [9.17, 15) is 4.79 Å². The summed E-state index contributed by atoms with van der Waals surface area (Å²) in [6.07, 6.45) is 1.69. The van der Waals surface area contributed by atoms with Crippen LogP contribution in [0.5, 0.6) is 5.75 Å². The lowest BCUT2D eigenvalue weighted by Crippen LogP contribution is -2.67. The van der Waals surface area contributed by atoms with E-state index in [1.807, 2.05) is 31.2 Å². The van der Waals surface area contributed by atoms with Gasteiger partial charge in [-0.3, -0.25) is 0 Å². The van der Waals surface area contributed by atoms with Gasteiger partial charge in [0.25, 0.3) is 8.32 Å². The summed E-state index contributed by atoms with van der Waals surface area (Å²) in [4.78, 5) is 20.3. The lowest BCUT2D eigenvalue weighted by Gasteiger charge is -2.45. The minimum atomic E-state index is -2.74. The molecule has 8 heteroatoms. The molecule has 0 radical (unpaired) electrons. The van der Waals surface area contributed by atoms with Crippen molar-refractivity contribution in [3.8, 4) is 5.75 Å². The third-order valence-corrected chi connectivity index (χ3v) is 13.7. The number of hydrogen-bond acceptors (Lipinski definition) is 5. The maximum absolute atomic E-state index is 13.0. The van der Waals surface area contributed by atoms with Crippen LogP contribution in [0.1, 0.15) is 46.1 Å². The Kier molecular flexibility index (Phi) is 9.08. The number of allylic oxidation sites excluding steroid dienone is 1. The molecule has 0 amide bonds. The van der Waals surface area contributed by atoms with Crippen LogP contribution in [0.4, 0.5) is 0 Å². The van der Waals surface area contributed by atoms with Crippen LogP contribution >= 0.6 is 0 Å². The molecule has 0 unspecified atom stereocenters. The Balaban J connectivity index is 1.51. The quantitative estimate of drug-likeness (QED) is 0.276. The Morgan fingerprint density at radius 2 is 1.53 bits per heavy atom. The number of rotatable bonds is 9. The van der Waals surface area contributed by atoms with Gasteiger partial charge < -0.3 is 24.1 Å². The first-order chi connectivity index (χ1) is 20.7. The summed E-state index contributed by atoms with van der Waals surface area (Å²) in [5.74, 6) is 1.27. The Labute approximate surface area is 256 Å². The molecule has 1 fully saturated rings. The van der Waals surface area contributed by atoms with E-state index in [2.05, 4.69) is 91.7 Å². The highest BCUT2D eigenvalue weighted by atomic mass is 28.4. The van der Waals surface area contributed by atoms with Crippen molar-refractivity contribution in [2.45, 2.75) is 64.2 Å². The lowest BCUT2D eigenvalue weighted by atomic mass is 10.0. The maximum atomic E-state index is 13.0. The van der Waals surface area contributed by atoms with Crippen LogP contribution in [0, 0.1) is 0 Å². The fourth-order valence-electron chi connectivity index (χ4n) is 6.60. The molecule has 0 spiro atoms. The number of esters is 1. The number of ether oxygens (including phenoxy) is 2. The number of fused-ring (bicyclic) bond motifs is 1. The number of aliphatic imine (C=N–C) groups is 1. The van der Waals surface area contributed by atoms with Gasteiger partial charge in [-0.1, -0.05) is 93.6 Å². The van der Waals surface area contributed by atoms with Crippen molar-refractivity contribution in [1.29, 1.82) is 0 Å². The maximum Gasteiger partial charge on any atom is 0.337 e. The Hall–Kier alpha value is -3.88. The molecule has 1 saturated heterocycles. The fraction of sp³-hybridized carbons (Fsp3) is 0.371. The summed E-state index contributed by atoms with van der Waals surface area (Å²) in [7, 11) is 0.370. The van der Waals surface area contributed by atoms with E-state index < -0.39 is 8.32 Å². The van der Waals surface area contributed by atoms with Crippen LogP contribution in [0.25, 0.3) is 0 Å². The molecule has 7 nitrogen and oxygen atoms in total. The highest BCUT2D eigenvalue weighted by Crippen LogP contribution is 2.39. The molecule has 2 atom stereocenters. The number of carbonyl (C=O) groups is 1. The van der Waals surface area contributed by atoms with Crippen LogP contribution in [0.2, 0.25) is 5.04 Å². The van der Waals surface area contributed by atoms with E-state index in [4.69, 9.17) is 18.9 Å². The van der Waals surface area contributed by atoms with E-state index in [0.717, 1.165) is 35.8 Å². The van der Waals surface area contributed by atoms with Crippen molar-refractivity contribution in [2.24, 2.45) is 4.99 Å². The number of hydrogen-bond donors (Lipinski definition) is 1. The second-order valence-electron chi connectivity index (χ2n) is 12.3. The summed E-state index contributed by atoms with van der Waals surface area (Å²) in [5, 5.41) is 5.82. The van der Waals surface area contributed by atoms with Gasteiger partial charge in [0.2, 0.25) is 0 Å². The third-order valence-electron chi connectivity index (χ3n) is 8.67.